The van der Waals surface area contributed by atoms with E-state index < -0.39 is 0 Å². The molecule has 0 atom stereocenters. The number of para-hydroxylation sites is 2. The summed E-state index contributed by atoms with van der Waals surface area (Å²) in [5.74, 6) is 0.505. The van der Waals surface area contributed by atoms with Gasteiger partial charge in [-0.3, -0.25) is 0 Å². The Morgan fingerprint density at radius 1 is 1.44 bits per heavy atom. The SMILES string of the molecule is C=CCNc1nnc(SC/C(O)=C(\C#N)c2nc3ccccc3[nH]2)s1. The van der Waals surface area contributed by atoms with E-state index in [2.05, 4.69) is 32.1 Å². The van der Waals surface area contributed by atoms with Gasteiger partial charge in [-0.25, -0.2) is 4.98 Å². The van der Waals surface area contributed by atoms with Crippen LogP contribution in [-0.2, 0) is 0 Å². The quantitative estimate of drug-likeness (QED) is 0.252. The van der Waals surface area contributed by atoms with Gasteiger partial charge in [0.25, 0.3) is 0 Å². The van der Waals surface area contributed by atoms with Crippen molar-refractivity contribution < 1.29 is 5.11 Å². The van der Waals surface area contributed by atoms with Crippen LogP contribution in [0.1, 0.15) is 5.82 Å². The highest BCUT2D eigenvalue weighted by Gasteiger charge is 2.14. The number of hydrogen-bond acceptors (Lipinski definition) is 8. The van der Waals surface area contributed by atoms with Crippen molar-refractivity contribution in [1.82, 2.24) is 20.2 Å². The predicted molar refractivity (Wildman–Crippen MR) is 101 cm³/mol. The summed E-state index contributed by atoms with van der Waals surface area (Å²) in [4.78, 5) is 7.40. The van der Waals surface area contributed by atoms with Crippen molar-refractivity contribution in [3.63, 3.8) is 0 Å². The maximum atomic E-state index is 10.3. The molecule has 2 heterocycles. The number of H-pyrrole nitrogens is 1. The van der Waals surface area contributed by atoms with E-state index >= 15 is 0 Å². The first-order valence-electron chi connectivity index (χ1n) is 7.29. The van der Waals surface area contributed by atoms with E-state index in [9.17, 15) is 10.4 Å². The fourth-order valence-corrected chi connectivity index (χ4v) is 3.66. The summed E-state index contributed by atoms with van der Waals surface area (Å²) < 4.78 is 0.694. The average Bonchev–Trinajstić information content (AvgIpc) is 3.25. The minimum Gasteiger partial charge on any atom is -0.510 e. The number of fused-ring (bicyclic) bond motifs is 1. The van der Waals surface area contributed by atoms with E-state index in [0.717, 1.165) is 11.0 Å². The highest BCUT2D eigenvalue weighted by atomic mass is 32.2. The van der Waals surface area contributed by atoms with Crippen molar-refractivity contribution in [2.45, 2.75) is 4.34 Å². The second-order valence-corrected chi connectivity index (χ2v) is 7.07. The molecule has 0 amide bonds. The van der Waals surface area contributed by atoms with Gasteiger partial charge < -0.3 is 15.4 Å². The normalized spacial score (nSPS) is 11.8. The minimum absolute atomic E-state index is 0.0534. The summed E-state index contributed by atoms with van der Waals surface area (Å²) in [7, 11) is 0. The summed E-state index contributed by atoms with van der Waals surface area (Å²) in [5.41, 5.74) is 1.68. The molecule has 3 aromatic rings. The second-order valence-electron chi connectivity index (χ2n) is 4.87. The van der Waals surface area contributed by atoms with Crippen LogP contribution in [0.25, 0.3) is 16.6 Å². The van der Waals surface area contributed by atoms with Gasteiger partial charge in [-0.15, -0.1) is 16.8 Å². The first-order chi connectivity index (χ1) is 12.2. The molecule has 2 aromatic heterocycles. The molecule has 9 heteroatoms. The fourth-order valence-electron chi connectivity index (χ4n) is 2.03. The number of nitriles is 1. The summed E-state index contributed by atoms with van der Waals surface area (Å²) in [6.45, 7) is 4.23. The standard InChI is InChI=1S/C16H14N6OS2/c1-2-7-18-15-21-22-16(25-15)24-9-13(23)10(8-17)14-19-11-5-3-4-6-12(11)20-14/h2-6,23H,1,7,9H2,(H,18,21)(H,19,20)/b13-10-. The number of rotatable bonds is 7. The van der Waals surface area contributed by atoms with Gasteiger partial charge in [-0.2, -0.15) is 5.26 Å². The average molecular weight is 370 g/mol. The third-order valence-electron chi connectivity index (χ3n) is 3.16. The lowest BCUT2D eigenvalue weighted by Gasteiger charge is -2.00. The van der Waals surface area contributed by atoms with E-state index in [1.165, 1.54) is 23.1 Å². The Labute approximate surface area is 152 Å². The number of anilines is 1. The van der Waals surface area contributed by atoms with Crippen LogP contribution in [-0.4, -0.2) is 37.6 Å². The molecule has 126 valence electrons. The highest BCUT2D eigenvalue weighted by Crippen LogP contribution is 2.28. The summed E-state index contributed by atoms with van der Waals surface area (Å²) >= 11 is 2.68. The van der Waals surface area contributed by atoms with Crippen LogP contribution >= 0.6 is 23.1 Å². The van der Waals surface area contributed by atoms with Crippen LogP contribution in [0, 0.1) is 11.3 Å². The van der Waals surface area contributed by atoms with Crippen LogP contribution in [0.3, 0.4) is 0 Å². The molecule has 0 unspecified atom stereocenters. The first kappa shape index (κ1) is 17.0. The number of aliphatic hydroxyl groups excluding tert-OH is 1. The predicted octanol–water partition coefficient (Wildman–Crippen LogP) is 3.60. The lowest BCUT2D eigenvalue weighted by Crippen LogP contribution is -1.96. The molecule has 0 fully saturated rings. The third kappa shape index (κ3) is 3.99. The fraction of sp³-hybridized carbons (Fsp3) is 0.125. The summed E-state index contributed by atoms with van der Waals surface area (Å²) in [6, 6.07) is 9.47. The number of hydrogen-bond donors (Lipinski definition) is 3. The number of aromatic nitrogens is 4. The molecule has 3 rings (SSSR count). The molecule has 0 aliphatic rings. The molecule has 0 spiro atoms. The van der Waals surface area contributed by atoms with E-state index in [0.29, 0.717) is 21.8 Å². The zero-order valence-electron chi connectivity index (χ0n) is 13.1. The van der Waals surface area contributed by atoms with Crippen molar-refractivity contribution in [2.24, 2.45) is 0 Å². The molecule has 3 N–H and O–H groups in total. The first-order valence-corrected chi connectivity index (χ1v) is 9.10. The second kappa shape index (κ2) is 7.83. The largest absolute Gasteiger partial charge is 0.510 e. The van der Waals surface area contributed by atoms with Crippen molar-refractivity contribution in [3.8, 4) is 6.07 Å². The molecule has 0 saturated heterocycles. The molecule has 0 aliphatic heterocycles. The number of allylic oxidation sites excluding steroid dienone is 1. The van der Waals surface area contributed by atoms with Gasteiger partial charge in [0.2, 0.25) is 5.13 Å². The van der Waals surface area contributed by atoms with E-state index in [1.807, 2.05) is 30.3 Å². The number of aromatic amines is 1. The number of benzene rings is 1. The monoisotopic (exact) mass is 370 g/mol. The Balaban J connectivity index is 1.74. The Bertz CT molecular complexity index is 935. The maximum Gasteiger partial charge on any atom is 0.206 e. The Morgan fingerprint density at radius 3 is 3.04 bits per heavy atom. The van der Waals surface area contributed by atoms with Gasteiger partial charge >= 0.3 is 0 Å². The van der Waals surface area contributed by atoms with Gasteiger partial charge in [0.1, 0.15) is 17.4 Å². The van der Waals surface area contributed by atoms with Crippen molar-refractivity contribution in [2.75, 3.05) is 17.6 Å². The van der Waals surface area contributed by atoms with Crippen LogP contribution in [0.2, 0.25) is 0 Å². The molecule has 0 radical (unpaired) electrons. The van der Waals surface area contributed by atoms with Crippen LogP contribution in [0.4, 0.5) is 5.13 Å². The molecule has 7 nitrogen and oxygen atoms in total. The maximum absolute atomic E-state index is 10.3. The highest BCUT2D eigenvalue weighted by molar-refractivity contribution is 8.01. The van der Waals surface area contributed by atoms with Crippen molar-refractivity contribution >= 4 is 44.8 Å². The molecule has 0 aliphatic carbocycles. The Hall–Kier alpha value is -2.83. The number of imidazole rings is 1. The smallest absolute Gasteiger partial charge is 0.206 e. The Kier molecular flexibility index (Phi) is 5.33. The van der Waals surface area contributed by atoms with Crippen LogP contribution in [0.5, 0.6) is 0 Å². The van der Waals surface area contributed by atoms with Crippen molar-refractivity contribution in [3.05, 3.63) is 48.5 Å². The van der Waals surface area contributed by atoms with Gasteiger partial charge in [0.15, 0.2) is 10.2 Å². The minimum atomic E-state index is -0.0534. The van der Waals surface area contributed by atoms with Crippen molar-refractivity contribution in [1.29, 1.82) is 5.26 Å². The molecular formula is C16H14N6OS2. The van der Waals surface area contributed by atoms with Gasteiger partial charge in [-0.1, -0.05) is 41.3 Å². The lowest BCUT2D eigenvalue weighted by molar-refractivity contribution is 0.420. The molecule has 1 aromatic carbocycles. The van der Waals surface area contributed by atoms with E-state index in [-0.39, 0.29) is 17.1 Å². The summed E-state index contributed by atoms with van der Waals surface area (Å²) in [5, 5.41) is 31.4. The van der Waals surface area contributed by atoms with Crippen LogP contribution in [0.15, 0.2) is 47.0 Å². The molecule has 0 saturated carbocycles. The third-order valence-corrected chi connectivity index (χ3v) is 5.19. The van der Waals surface area contributed by atoms with E-state index in [4.69, 9.17) is 0 Å². The summed E-state index contributed by atoms with van der Waals surface area (Å²) in [6.07, 6.45) is 1.73. The zero-order chi connectivity index (χ0) is 17.6. The number of thioether (sulfide) groups is 1. The molecular weight excluding hydrogens is 356 g/mol. The molecule has 0 bridgehead atoms. The van der Waals surface area contributed by atoms with Crippen LogP contribution < -0.4 is 5.32 Å². The number of nitrogens with one attached hydrogen (secondary N) is 2. The van der Waals surface area contributed by atoms with Gasteiger partial charge in [0.05, 0.1) is 16.8 Å². The number of aliphatic hydroxyl groups is 1. The lowest BCUT2D eigenvalue weighted by atomic mass is 10.2. The molecule has 25 heavy (non-hydrogen) atoms. The van der Waals surface area contributed by atoms with E-state index in [1.54, 1.807) is 6.08 Å². The van der Waals surface area contributed by atoms with Gasteiger partial charge in [-0.05, 0) is 12.1 Å². The zero-order valence-corrected chi connectivity index (χ0v) is 14.7. The topological polar surface area (TPSA) is 111 Å². The van der Waals surface area contributed by atoms with Gasteiger partial charge in [0, 0.05) is 6.54 Å². The number of nitrogens with zero attached hydrogens (tertiary/aromatic N) is 4. The Morgan fingerprint density at radius 2 is 2.28 bits per heavy atom.